The Morgan fingerprint density at radius 1 is 1.06 bits per heavy atom. The Morgan fingerprint density at radius 2 is 1.74 bits per heavy atom. The molecule has 5 nitrogen and oxygen atoms in total. The molecule has 0 fully saturated rings. The molecule has 35 heavy (non-hydrogen) atoms. The molecule has 1 aromatic heterocycles. The molecular formula is C30H34O5. The van der Waals surface area contributed by atoms with Gasteiger partial charge in [0.2, 0.25) is 0 Å². The number of hydrogen-bond acceptors (Lipinski definition) is 5. The molecule has 1 heterocycles. The maximum atomic E-state index is 13.4. The summed E-state index contributed by atoms with van der Waals surface area (Å²) in [6.07, 6.45) is 6.67. The number of hydrogen-bond donors (Lipinski definition) is 2. The van der Waals surface area contributed by atoms with Crippen LogP contribution < -0.4 is 5.63 Å². The third kappa shape index (κ3) is 5.73. The summed E-state index contributed by atoms with van der Waals surface area (Å²) in [5, 5.41) is 22.8. The van der Waals surface area contributed by atoms with Crippen molar-refractivity contribution in [2.75, 3.05) is 0 Å². The molecule has 0 radical (unpaired) electrons. The largest absolute Gasteiger partial charge is 0.507 e. The second-order valence-electron chi connectivity index (χ2n) is 9.35. The summed E-state index contributed by atoms with van der Waals surface area (Å²) >= 11 is 0. The number of fused-ring (bicyclic) bond motifs is 1. The second-order valence-corrected chi connectivity index (χ2v) is 9.35. The van der Waals surface area contributed by atoms with Gasteiger partial charge in [-0.25, -0.2) is 4.79 Å². The van der Waals surface area contributed by atoms with E-state index in [-0.39, 0.29) is 45.8 Å². The van der Waals surface area contributed by atoms with E-state index in [1.807, 2.05) is 50.3 Å². The molecule has 0 spiro atoms. The molecule has 0 aliphatic rings. The third-order valence-electron chi connectivity index (χ3n) is 6.37. The van der Waals surface area contributed by atoms with Gasteiger partial charge in [0.25, 0.3) is 0 Å². The molecule has 0 amide bonds. The van der Waals surface area contributed by atoms with Gasteiger partial charge in [-0.15, -0.1) is 0 Å². The molecule has 0 bridgehead atoms. The van der Waals surface area contributed by atoms with Gasteiger partial charge in [0.15, 0.2) is 11.4 Å². The number of carbonyl (C=O) groups excluding carboxylic acids is 1. The van der Waals surface area contributed by atoms with Crippen molar-refractivity contribution in [3.8, 4) is 22.6 Å². The van der Waals surface area contributed by atoms with Crippen molar-refractivity contribution < 1.29 is 19.4 Å². The highest BCUT2D eigenvalue weighted by molar-refractivity contribution is 6.14. The van der Waals surface area contributed by atoms with Gasteiger partial charge in [0, 0.05) is 23.1 Å². The number of phenolic OH excluding ortho intramolecular Hbond substituents is 2. The molecule has 2 aromatic carbocycles. The topological polar surface area (TPSA) is 87.7 Å². The van der Waals surface area contributed by atoms with E-state index in [9.17, 15) is 19.8 Å². The number of allylic oxidation sites excluding steroid dienone is 4. The minimum absolute atomic E-state index is 0.0485. The quantitative estimate of drug-likeness (QED) is 0.192. The first kappa shape index (κ1) is 26.0. The zero-order chi connectivity index (χ0) is 25.7. The summed E-state index contributed by atoms with van der Waals surface area (Å²) in [5.74, 6) is -1.24. The minimum Gasteiger partial charge on any atom is -0.507 e. The fourth-order valence-corrected chi connectivity index (χ4v) is 4.09. The summed E-state index contributed by atoms with van der Waals surface area (Å²) in [5.41, 5.74) is 2.99. The molecule has 0 saturated carbocycles. The average molecular weight is 475 g/mol. The van der Waals surface area contributed by atoms with Crippen molar-refractivity contribution in [1.29, 1.82) is 0 Å². The second kappa shape index (κ2) is 11.2. The molecule has 0 aliphatic heterocycles. The van der Waals surface area contributed by atoms with E-state index < -0.39 is 11.5 Å². The number of phenols is 2. The molecule has 3 rings (SSSR count). The van der Waals surface area contributed by atoms with E-state index in [2.05, 4.69) is 19.9 Å². The average Bonchev–Trinajstić information content (AvgIpc) is 2.83. The number of Topliss-reactive ketones (excluding diaryl/α,β-unsaturated/α-hetero) is 1. The SMILES string of the molecule is CC[C@H](C)C(=O)c1c(O)c(C/C=C(\C)CCC=C(C)C)c(O)c2c(-c3ccccc3)cc(=O)oc12. The lowest BCUT2D eigenvalue weighted by molar-refractivity contribution is 0.0925. The van der Waals surface area contributed by atoms with E-state index >= 15 is 0 Å². The maximum Gasteiger partial charge on any atom is 0.336 e. The van der Waals surface area contributed by atoms with Crippen LogP contribution in [-0.4, -0.2) is 16.0 Å². The van der Waals surface area contributed by atoms with E-state index in [0.29, 0.717) is 17.5 Å². The maximum absolute atomic E-state index is 13.4. The van der Waals surface area contributed by atoms with Crippen LogP contribution in [0.1, 0.15) is 69.8 Å². The number of rotatable bonds is 9. The van der Waals surface area contributed by atoms with Crippen LogP contribution in [0.15, 0.2) is 68.9 Å². The van der Waals surface area contributed by atoms with Gasteiger partial charge < -0.3 is 14.6 Å². The molecule has 0 aliphatic carbocycles. The van der Waals surface area contributed by atoms with Gasteiger partial charge in [-0.1, -0.05) is 67.5 Å². The number of benzene rings is 2. The number of carbonyl (C=O) groups is 1. The smallest absolute Gasteiger partial charge is 0.336 e. The molecule has 2 N–H and O–H groups in total. The molecule has 5 heteroatoms. The monoisotopic (exact) mass is 474 g/mol. The summed E-state index contributed by atoms with van der Waals surface area (Å²) in [6.45, 7) is 9.78. The highest BCUT2D eigenvalue weighted by Crippen LogP contribution is 2.44. The van der Waals surface area contributed by atoms with Crippen LogP contribution in [0.5, 0.6) is 11.5 Å². The van der Waals surface area contributed by atoms with Crippen LogP contribution in [0.2, 0.25) is 0 Å². The Labute approximate surface area is 206 Å². The van der Waals surface area contributed by atoms with E-state index in [1.54, 1.807) is 6.92 Å². The molecule has 0 saturated heterocycles. The lowest BCUT2D eigenvalue weighted by Gasteiger charge is -2.18. The summed E-state index contributed by atoms with van der Waals surface area (Å²) in [4.78, 5) is 25.9. The first-order valence-electron chi connectivity index (χ1n) is 12.1. The van der Waals surface area contributed by atoms with Crippen molar-refractivity contribution in [3.63, 3.8) is 0 Å². The predicted octanol–water partition coefficient (Wildman–Crippen LogP) is 7.34. The number of ketones is 1. The van der Waals surface area contributed by atoms with Crippen LogP contribution >= 0.6 is 0 Å². The van der Waals surface area contributed by atoms with Crippen molar-refractivity contribution in [3.05, 3.63) is 81.2 Å². The lowest BCUT2D eigenvalue weighted by Crippen LogP contribution is -2.13. The highest BCUT2D eigenvalue weighted by Gasteiger charge is 2.29. The van der Waals surface area contributed by atoms with Crippen molar-refractivity contribution in [1.82, 2.24) is 0 Å². The highest BCUT2D eigenvalue weighted by atomic mass is 16.4. The summed E-state index contributed by atoms with van der Waals surface area (Å²) in [6, 6.07) is 10.5. The van der Waals surface area contributed by atoms with Crippen LogP contribution in [0.25, 0.3) is 22.1 Å². The van der Waals surface area contributed by atoms with Gasteiger partial charge in [-0.05, 0) is 52.0 Å². The van der Waals surface area contributed by atoms with Gasteiger partial charge in [0.1, 0.15) is 17.1 Å². The first-order valence-corrected chi connectivity index (χ1v) is 12.1. The molecule has 184 valence electrons. The fraction of sp³-hybridized carbons (Fsp3) is 0.333. The Kier molecular flexibility index (Phi) is 8.34. The Balaban J connectivity index is 2.28. The van der Waals surface area contributed by atoms with Crippen LogP contribution in [-0.2, 0) is 6.42 Å². The Hall–Kier alpha value is -3.60. The van der Waals surface area contributed by atoms with E-state index in [0.717, 1.165) is 18.4 Å². The van der Waals surface area contributed by atoms with Gasteiger partial charge in [0.05, 0.1) is 5.39 Å². The zero-order valence-electron chi connectivity index (χ0n) is 21.1. The molecule has 0 unspecified atom stereocenters. The van der Waals surface area contributed by atoms with E-state index in [1.165, 1.54) is 11.6 Å². The van der Waals surface area contributed by atoms with Crippen LogP contribution in [0.4, 0.5) is 0 Å². The van der Waals surface area contributed by atoms with Crippen molar-refractivity contribution >= 4 is 16.8 Å². The van der Waals surface area contributed by atoms with Gasteiger partial charge >= 0.3 is 5.63 Å². The Bertz CT molecular complexity index is 1340. The predicted molar refractivity (Wildman–Crippen MR) is 141 cm³/mol. The summed E-state index contributed by atoms with van der Waals surface area (Å²) in [7, 11) is 0. The molecular weight excluding hydrogens is 440 g/mol. The van der Waals surface area contributed by atoms with Crippen molar-refractivity contribution in [2.45, 2.75) is 60.3 Å². The van der Waals surface area contributed by atoms with E-state index in [4.69, 9.17) is 4.42 Å². The normalized spacial score (nSPS) is 12.5. The molecule has 3 aromatic rings. The fourth-order valence-electron chi connectivity index (χ4n) is 4.09. The first-order chi connectivity index (χ1) is 16.6. The standard InChI is InChI=1S/C30H34O5/c1-6-20(5)27(32)26-29(34)22(16-15-19(4)12-10-11-18(2)3)28(33)25-23(17-24(31)35-30(25)26)21-13-8-7-9-14-21/h7-9,11,13-15,17,20,33-34H,6,10,12,16H2,1-5H3/b19-15+/t20-/m0/s1. The van der Waals surface area contributed by atoms with Crippen LogP contribution in [0.3, 0.4) is 0 Å². The lowest BCUT2D eigenvalue weighted by atomic mass is 9.89. The Morgan fingerprint density at radius 3 is 2.37 bits per heavy atom. The van der Waals surface area contributed by atoms with Crippen LogP contribution in [0, 0.1) is 5.92 Å². The minimum atomic E-state index is -0.656. The van der Waals surface area contributed by atoms with Gasteiger partial charge in [-0.2, -0.15) is 0 Å². The summed E-state index contributed by atoms with van der Waals surface area (Å²) < 4.78 is 5.47. The number of aromatic hydroxyl groups is 2. The van der Waals surface area contributed by atoms with Gasteiger partial charge in [-0.3, -0.25) is 4.79 Å². The van der Waals surface area contributed by atoms with Crippen molar-refractivity contribution in [2.24, 2.45) is 5.92 Å². The third-order valence-corrected chi connectivity index (χ3v) is 6.37. The zero-order valence-corrected chi connectivity index (χ0v) is 21.1. The molecule has 1 atom stereocenters.